The maximum atomic E-state index is 4.71. The second kappa shape index (κ2) is 5.67. The quantitative estimate of drug-likeness (QED) is 0.790. The SMILES string of the molecule is CC(C)N=C(C=C1CCCN1)c1ccccc1. The van der Waals surface area contributed by atoms with Crippen LogP contribution in [0.4, 0.5) is 0 Å². The van der Waals surface area contributed by atoms with Gasteiger partial charge in [0, 0.05) is 18.3 Å². The van der Waals surface area contributed by atoms with Crippen molar-refractivity contribution in [3.05, 3.63) is 47.7 Å². The zero-order valence-corrected chi connectivity index (χ0v) is 10.6. The van der Waals surface area contributed by atoms with Gasteiger partial charge in [0.05, 0.1) is 5.71 Å². The Morgan fingerprint density at radius 3 is 2.65 bits per heavy atom. The van der Waals surface area contributed by atoms with Crippen LogP contribution in [0.15, 0.2) is 47.1 Å². The molecule has 2 nitrogen and oxygen atoms in total. The van der Waals surface area contributed by atoms with Gasteiger partial charge in [0.1, 0.15) is 0 Å². The van der Waals surface area contributed by atoms with E-state index in [0.29, 0.717) is 6.04 Å². The molecule has 0 saturated carbocycles. The highest BCUT2D eigenvalue weighted by Crippen LogP contribution is 2.12. The lowest BCUT2D eigenvalue weighted by molar-refractivity contribution is 0.837. The standard InChI is InChI=1S/C15H20N2/c1-12(2)17-15(11-14-9-6-10-16-14)13-7-4-3-5-8-13/h3-5,7-8,11-12,16H,6,9-10H2,1-2H3. The fourth-order valence-electron chi connectivity index (χ4n) is 1.99. The lowest BCUT2D eigenvalue weighted by atomic mass is 10.1. The number of nitrogens with one attached hydrogen (secondary N) is 1. The van der Waals surface area contributed by atoms with Crippen molar-refractivity contribution >= 4 is 5.71 Å². The van der Waals surface area contributed by atoms with Gasteiger partial charge in [-0.2, -0.15) is 0 Å². The first kappa shape index (κ1) is 11.9. The molecule has 0 amide bonds. The largest absolute Gasteiger partial charge is 0.388 e. The van der Waals surface area contributed by atoms with Gasteiger partial charge in [0.2, 0.25) is 0 Å². The molecule has 17 heavy (non-hydrogen) atoms. The van der Waals surface area contributed by atoms with E-state index in [2.05, 4.69) is 49.5 Å². The molecule has 2 rings (SSSR count). The van der Waals surface area contributed by atoms with E-state index in [9.17, 15) is 0 Å². The zero-order valence-electron chi connectivity index (χ0n) is 10.6. The van der Waals surface area contributed by atoms with Gasteiger partial charge in [-0.25, -0.2) is 0 Å². The maximum Gasteiger partial charge on any atom is 0.0666 e. The molecule has 1 aliphatic rings. The van der Waals surface area contributed by atoms with Crippen molar-refractivity contribution in [3.8, 4) is 0 Å². The van der Waals surface area contributed by atoms with E-state index in [1.54, 1.807) is 0 Å². The Labute approximate surface area is 103 Å². The summed E-state index contributed by atoms with van der Waals surface area (Å²) in [5.41, 5.74) is 3.60. The molecule has 0 atom stereocenters. The lowest BCUT2D eigenvalue weighted by Crippen LogP contribution is -2.08. The molecular formula is C15H20N2. The predicted octanol–water partition coefficient (Wildman–Crippen LogP) is 3.15. The van der Waals surface area contributed by atoms with Crippen molar-refractivity contribution < 1.29 is 0 Å². The van der Waals surface area contributed by atoms with Crippen LogP contribution in [-0.4, -0.2) is 18.3 Å². The minimum atomic E-state index is 0.323. The van der Waals surface area contributed by atoms with Crippen molar-refractivity contribution in [3.63, 3.8) is 0 Å². The summed E-state index contributed by atoms with van der Waals surface area (Å²) in [4.78, 5) is 4.71. The van der Waals surface area contributed by atoms with Crippen molar-refractivity contribution in [2.45, 2.75) is 32.7 Å². The smallest absolute Gasteiger partial charge is 0.0666 e. The maximum absolute atomic E-state index is 4.71. The molecule has 90 valence electrons. The minimum absolute atomic E-state index is 0.323. The van der Waals surface area contributed by atoms with Crippen LogP contribution in [0.3, 0.4) is 0 Å². The molecule has 2 heteroatoms. The van der Waals surface area contributed by atoms with Crippen LogP contribution in [0.1, 0.15) is 32.3 Å². The average Bonchev–Trinajstić information content (AvgIpc) is 2.82. The van der Waals surface area contributed by atoms with E-state index in [4.69, 9.17) is 4.99 Å². The van der Waals surface area contributed by atoms with Crippen LogP contribution < -0.4 is 5.32 Å². The topological polar surface area (TPSA) is 24.4 Å². The molecule has 0 spiro atoms. The third kappa shape index (κ3) is 3.45. The van der Waals surface area contributed by atoms with Gasteiger partial charge >= 0.3 is 0 Å². The van der Waals surface area contributed by atoms with Crippen LogP contribution in [0, 0.1) is 0 Å². The molecule has 1 heterocycles. The predicted molar refractivity (Wildman–Crippen MR) is 73.4 cm³/mol. The highest BCUT2D eigenvalue weighted by Gasteiger charge is 2.08. The van der Waals surface area contributed by atoms with E-state index in [-0.39, 0.29) is 0 Å². The normalized spacial score (nSPS) is 18.8. The Morgan fingerprint density at radius 1 is 1.29 bits per heavy atom. The highest BCUT2D eigenvalue weighted by atomic mass is 14.9. The lowest BCUT2D eigenvalue weighted by Gasteiger charge is -2.06. The van der Waals surface area contributed by atoms with E-state index in [1.165, 1.54) is 17.7 Å². The molecule has 1 aromatic carbocycles. The second-order valence-electron chi connectivity index (χ2n) is 4.67. The minimum Gasteiger partial charge on any atom is -0.388 e. The first-order valence-electron chi connectivity index (χ1n) is 6.33. The van der Waals surface area contributed by atoms with Crippen LogP contribution in [-0.2, 0) is 0 Å². The van der Waals surface area contributed by atoms with E-state index in [1.807, 2.05) is 6.07 Å². The molecule has 0 bridgehead atoms. The number of hydrogen-bond donors (Lipinski definition) is 1. The highest BCUT2D eigenvalue weighted by molar-refractivity contribution is 6.09. The van der Waals surface area contributed by atoms with Crippen molar-refractivity contribution in [1.82, 2.24) is 5.32 Å². The summed E-state index contributed by atoms with van der Waals surface area (Å²) >= 11 is 0. The van der Waals surface area contributed by atoms with Crippen LogP contribution in [0.2, 0.25) is 0 Å². The van der Waals surface area contributed by atoms with Gasteiger partial charge in [-0.15, -0.1) is 0 Å². The number of allylic oxidation sites excluding steroid dienone is 2. The van der Waals surface area contributed by atoms with Crippen molar-refractivity contribution in [2.75, 3.05) is 6.54 Å². The molecule has 1 saturated heterocycles. The molecule has 0 radical (unpaired) electrons. The van der Waals surface area contributed by atoms with Crippen LogP contribution in [0.25, 0.3) is 0 Å². The first-order chi connectivity index (χ1) is 8.25. The van der Waals surface area contributed by atoms with Crippen LogP contribution in [0.5, 0.6) is 0 Å². The molecule has 0 aliphatic carbocycles. The second-order valence-corrected chi connectivity index (χ2v) is 4.67. The summed E-state index contributed by atoms with van der Waals surface area (Å²) in [6, 6.07) is 10.7. The summed E-state index contributed by atoms with van der Waals surface area (Å²) < 4.78 is 0. The Kier molecular flexibility index (Phi) is 3.97. The molecule has 0 unspecified atom stereocenters. The van der Waals surface area contributed by atoms with Gasteiger partial charge in [0.15, 0.2) is 0 Å². The number of rotatable bonds is 3. The number of aliphatic imine (C=N–C) groups is 1. The summed E-state index contributed by atoms with van der Waals surface area (Å²) in [5, 5.41) is 3.41. The molecule has 1 aliphatic heterocycles. The fraction of sp³-hybridized carbons (Fsp3) is 0.400. The van der Waals surface area contributed by atoms with E-state index < -0.39 is 0 Å². The summed E-state index contributed by atoms with van der Waals surface area (Å²) in [6.07, 6.45) is 4.57. The summed E-state index contributed by atoms with van der Waals surface area (Å²) in [6.45, 7) is 5.32. The molecule has 1 aromatic rings. The van der Waals surface area contributed by atoms with Gasteiger partial charge in [-0.05, 0) is 38.3 Å². The Morgan fingerprint density at radius 2 is 2.06 bits per heavy atom. The van der Waals surface area contributed by atoms with Gasteiger partial charge in [-0.1, -0.05) is 30.3 Å². The van der Waals surface area contributed by atoms with E-state index in [0.717, 1.165) is 18.7 Å². The first-order valence-corrected chi connectivity index (χ1v) is 6.33. The third-order valence-corrected chi connectivity index (χ3v) is 2.75. The van der Waals surface area contributed by atoms with Crippen molar-refractivity contribution in [2.24, 2.45) is 4.99 Å². The summed E-state index contributed by atoms with van der Waals surface area (Å²) in [7, 11) is 0. The third-order valence-electron chi connectivity index (χ3n) is 2.75. The fourth-order valence-corrected chi connectivity index (χ4v) is 1.99. The van der Waals surface area contributed by atoms with Gasteiger partial charge in [0.25, 0.3) is 0 Å². The molecule has 1 fully saturated rings. The van der Waals surface area contributed by atoms with Gasteiger partial charge < -0.3 is 5.32 Å². The Hall–Kier alpha value is -1.57. The summed E-state index contributed by atoms with van der Waals surface area (Å²) in [5.74, 6) is 0. The Bertz CT molecular complexity index is 408. The molecule has 0 aromatic heterocycles. The monoisotopic (exact) mass is 228 g/mol. The number of nitrogens with zero attached hydrogens (tertiary/aromatic N) is 1. The average molecular weight is 228 g/mol. The molecule has 1 N–H and O–H groups in total. The zero-order chi connectivity index (χ0) is 12.1. The Balaban J connectivity index is 2.29. The van der Waals surface area contributed by atoms with Gasteiger partial charge in [-0.3, -0.25) is 4.99 Å². The van der Waals surface area contributed by atoms with E-state index >= 15 is 0 Å². The van der Waals surface area contributed by atoms with Crippen LogP contribution >= 0.6 is 0 Å². The number of benzene rings is 1. The number of hydrogen-bond acceptors (Lipinski definition) is 2. The van der Waals surface area contributed by atoms with Crippen molar-refractivity contribution in [1.29, 1.82) is 0 Å². The molecular weight excluding hydrogens is 208 g/mol.